The molecule has 1 aliphatic carbocycles. The minimum atomic E-state index is -0.259. The maximum atomic E-state index is 13.1. The average Bonchev–Trinajstić information content (AvgIpc) is 3.38. The molecule has 2 heterocycles. The van der Waals surface area contributed by atoms with Crippen LogP contribution in [0.25, 0.3) is 0 Å². The molecule has 2 N–H and O–H groups in total. The van der Waals surface area contributed by atoms with E-state index in [1.165, 1.54) is 0 Å². The van der Waals surface area contributed by atoms with E-state index in [0.717, 1.165) is 55.6 Å². The van der Waals surface area contributed by atoms with Crippen LogP contribution < -0.4 is 10.6 Å². The zero-order chi connectivity index (χ0) is 19.9. The number of hydrogen-bond acceptors (Lipinski definition) is 3. The van der Waals surface area contributed by atoms with Crippen molar-refractivity contribution < 1.29 is 9.59 Å². The lowest BCUT2D eigenvalue weighted by Gasteiger charge is -2.23. The topological polar surface area (TPSA) is 76.0 Å². The summed E-state index contributed by atoms with van der Waals surface area (Å²) in [6.07, 6.45) is 4.85. The van der Waals surface area contributed by atoms with E-state index in [1.807, 2.05) is 28.8 Å². The van der Waals surface area contributed by atoms with Crippen LogP contribution in [0.4, 0.5) is 5.69 Å². The fraction of sp³-hybridized carbons (Fsp3) is 0.500. The molecule has 0 radical (unpaired) electrons. The van der Waals surface area contributed by atoms with Crippen LogP contribution in [0.1, 0.15) is 78.8 Å². The molecular weight excluding hydrogens is 352 g/mol. The smallest absolute Gasteiger partial charge is 0.291 e. The fourth-order valence-electron chi connectivity index (χ4n) is 3.80. The van der Waals surface area contributed by atoms with E-state index >= 15 is 0 Å². The number of carbonyl (C=O) groups excluding carboxylic acids is 2. The van der Waals surface area contributed by atoms with Gasteiger partial charge in [0.1, 0.15) is 5.69 Å². The van der Waals surface area contributed by atoms with E-state index in [4.69, 9.17) is 0 Å². The molecule has 0 atom stereocenters. The molecule has 0 bridgehead atoms. The van der Waals surface area contributed by atoms with Gasteiger partial charge in [-0.15, -0.1) is 0 Å². The Morgan fingerprint density at radius 1 is 1.11 bits per heavy atom. The number of para-hydroxylation sites is 1. The van der Waals surface area contributed by atoms with Crippen molar-refractivity contribution in [3.63, 3.8) is 0 Å². The van der Waals surface area contributed by atoms with Crippen LogP contribution in [0.5, 0.6) is 0 Å². The maximum absolute atomic E-state index is 13.1. The third-order valence-corrected chi connectivity index (χ3v) is 5.43. The molecule has 2 aromatic rings. The van der Waals surface area contributed by atoms with E-state index in [0.29, 0.717) is 11.5 Å². The van der Waals surface area contributed by atoms with Crippen molar-refractivity contribution in [1.82, 2.24) is 14.9 Å². The predicted octanol–water partition coefficient (Wildman–Crippen LogP) is 3.66. The van der Waals surface area contributed by atoms with Crippen molar-refractivity contribution in [3.05, 3.63) is 47.0 Å². The number of hydrogen-bond donors (Lipinski definition) is 2. The molecule has 1 saturated carbocycles. The molecule has 2 aliphatic rings. The first kappa shape index (κ1) is 18.7. The van der Waals surface area contributed by atoms with Gasteiger partial charge in [-0.2, -0.15) is 0 Å². The lowest BCUT2D eigenvalue weighted by atomic mass is 9.86. The normalized spacial score (nSPS) is 16.4. The first-order valence-electron chi connectivity index (χ1n) is 10.2. The molecule has 0 spiro atoms. The quantitative estimate of drug-likeness (QED) is 0.850. The second-order valence-corrected chi connectivity index (χ2v) is 8.84. The number of benzene rings is 1. The van der Waals surface area contributed by atoms with Gasteiger partial charge in [0, 0.05) is 18.3 Å². The molecule has 1 aliphatic heterocycles. The summed E-state index contributed by atoms with van der Waals surface area (Å²) in [4.78, 5) is 30.2. The third-order valence-electron chi connectivity index (χ3n) is 5.43. The molecule has 0 unspecified atom stereocenters. The third kappa shape index (κ3) is 3.68. The molecule has 1 fully saturated rings. The van der Waals surface area contributed by atoms with Gasteiger partial charge in [0.05, 0.1) is 5.69 Å². The van der Waals surface area contributed by atoms with Crippen LogP contribution in [-0.2, 0) is 18.4 Å². The van der Waals surface area contributed by atoms with Crippen LogP contribution in [-0.4, -0.2) is 27.4 Å². The first-order valence-corrected chi connectivity index (χ1v) is 10.2. The van der Waals surface area contributed by atoms with E-state index in [2.05, 4.69) is 36.4 Å². The molecule has 148 valence electrons. The standard InChI is InChI=1S/C22H28N4O2/c1-22(2,3)15-8-4-5-9-16(15)24-21(28)19-25-18(20(27)23-14-11-12-14)17-10-6-7-13-26(17)19/h4-5,8-9,14H,6-7,10-13H2,1-3H3,(H,23,27)(H,24,28). The molecule has 1 aromatic heterocycles. The number of imidazole rings is 1. The zero-order valence-corrected chi connectivity index (χ0v) is 16.8. The Balaban J connectivity index is 1.65. The number of rotatable bonds is 4. The highest BCUT2D eigenvalue weighted by molar-refractivity contribution is 6.04. The first-order chi connectivity index (χ1) is 13.3. The van der Waals surface area contributed by atoms with Crippen molar-refractivity contribution in [2.24, 2.45) is 0 Å². The maximum Gasteiger partial charge on any atom is 0.291 e. The number of fused-ring (bicyclic) bond motifs is 1. The van der Waals surface area contributed by atoms with Crippen molar-refractivity contribution in [1.29, 1.82) is 0 Å². The molecule has 1 aromatic carbocycles. The number of carbonyl (C=O) groups is 2. The van der Waals surface area contributed by atoms with Gasteiger partial charge in [-0.25, -0.2) is 4.98 Å². The minimum Gasteiger partial charge on any atom is -0.348 e. The van der Waals surface area contributed by atoms with Gasteiger partial charge in [-0.3, -0.25) is 9.59 Å². The van der Waals surface area contributed by atoms with Crippen LogP contribution >= 0.6 is 0 Å². The molecule has 4 rings (SSSR count). The molecule has 6 nitrogen and oxygen atoms in total. The summed E-state index contributed by atoms with van der Waals surface area (Å²) in [6, 6.07) is 8.11. The second kappa shape index (κ2) is 7.08. The SMILES string of the molecule is CC(C)(C)c1ccccc1NC(=O)c1nc(C(=O)NC2CC2)c2n1CCCC2. The Morgan fingerprint density at radius 3 is 2.57 bits per heavy atom. The Bertz CT molecular complexity index is 919. The minimum absolute atomic E-state index is 0.0921. The van der Waals surface area contributed by atoms with E-state index in [1.54, 1.807) is 0 Å². The lowest BCUT2D eigenvalue weighted by molar-refractivity contribution is 0.0945. The van der Waals surface area contributed by atoms with Gasteiger partial charge in [-0.05, 0) is 49.1 Å². The highest BCUT2D eigenvalue weighted by atomic mass is 16.2. The van der Waals surface area contributed by atoms with Crippen LogP contribution in [0.15, 0.2) is 24.3 Å². The van der Waals surface area contributed by atoms with Crippen molar-refractivity contribution in [2.45, 2.75) is 70.9 Å². The monoisotopic (exact) mass is 380 g/mol. The van der Waals surface area contributed by atoms with Crippen LogP contribution in [0, 0.1) is 0 Å². The highest BCUT2D eigenvalue weighted by Gasteiger charge is 2.31. The number of nitrogens with one attached hydrogen (secondary N) is 2. The van der Waals surface area contributed by atoms with Gasteiger partial charge < -0.3 is 15.2 Å². The molecule has 2 amide bonds. The van der Waals surface area contributed by atoms with Gasteiger partial charge in [0.2, 0.25) is 0 Å². The molecule has 6 heteroatoms. The Kier molecular flexibility index (Phi) is 4.73. The van der Waals surface area contributed by atoms with Gasteiger partial charge in [0.15, 0.2) is 5.82 Å². The molecule has 0 saturated heterocycles. The van der Waals surface area contributed by atoms with E-state index in [-0.39, 0.29) is 23.3 Å². The Morgan fingerprint density at radius 2 is 1.86 bits per heavy atom. The second-order valence-electron chi connectivity index (χ2n) is 8.84. The van der Waals surface area contributed by atoms with Gasteiger partial charge in [-0.1, -0.05) is 39.0 Å². The Hall–Kier alpha value is -2.63. The summed E-state index contributed by atoms with van der Waals surface area (Å²) in [6.45, 7) is 7.09. The number of nitrogens with zero attached hydrogens (tertiary/aromatic N) is 2. The van der Waals surface area contributed by atoms with Crippen molar-refractivity contribution >= 4 is 17.5 Å². The van der Waals surface area contributed by atoms with E-state index in [9.17, 15) is 9.59 Å². The van der Waals surface area contributed by atoms with Crippen LogP contribution in [0.3, 0.4) is 0 Å². The highest BCUT2D eigenvalue weighted by Crippen LogP contribution is 2.30. The van der Waals surface area contributed by atoms with Crippen molar-refractivity contribution in [3.8, 4) is 0 Å². The Labute approximate surface area is 165 Å². The lowest BCUT2D eigenvalue weighted by Crippen LogP contribution is -2.27. The number of aromatic nitrogens is 2. The van der Waals surface area contributed by atoms with Crippen LogP contribution in [0.2, 0.25) is 0 Å². The summed E-state index contributed by atoms with van der Waals surface area (Å²) in [5, 5.41) is 6.04. The summed E-state index contributed by atoms with van der Waals surface area (Å²) in [7, 11) is 0. The zero-order valence-electron chi connectivity index (χ0n) is 16.8. The average molecular weight is 380 g/mol. The largest absolute Gasteiger partial charge is 0.348 e. The molecule has 28 heavy (non-hydrogen) atoms. The van der Waals surface area contributed by atoms with Crippen molar-refractivity contribution in [2.75, 3.05) is 5.32 Å². The summed E-state index contributed by atoms with van der Waals surface area (Å²) in [5.41, 5.74) is 3.07. The van der Waals surface area contributed by atoms with E-state index < -0.39 is 0 Å². The summed E-state index contributed by atoms with van der Waals surface area (Å²) >= 11 is 0. The van der Waals surface area contributed by atoms with Gasteiger partial charge >= 0.3 is 0 Å². The number of amides is 2. The summed E-state index contributed by atoms with van der Waals surface area (Å²) < 4.78 is 1.93. The summed E-state index contributed by atoms with van der Waals surface area (Å²) in [5.74, 6) is -0.0769. The number of anilines is 1. The van der Waals surface area contributed by atoms with Gasteiger partial charge in [0.25, 0.3) is 11.8 Å². The fourth-order valence-corrected chi connectivity index (χ4v) is 3.80. The molecular formula is C22H28N4O2. The predicted molar refractivity (Wildman–Crippen MR) is 109 cm³/mol.